The van der Waals surface area contributed by atoms with E-state index in [2.05, 4.69) is 0 Å². The van der Waals surface area contributed by atoms with Gasteiger partial charge in [-0.15, -0.1) is 0 Å². The second-order valence-corrected chi connectivity index (χ2v) is 4.96. The van der Waals surface area contributed by atoms with E-state index < -0.39 is 11.7 Å². The second kappa shape index (κ2) is 5.51. The fraction of sp³-hybridized carbons (Fsp3) is 0.467. The molecule has 0 spiro atoms. The number of piperidine rings is 1. The maximum atomic E-state index is 13.9. The second-order valence-electron chi connectivity index (χ2n) is 4.96. The van der Waals surface area contributed by atoms with Crippen LogP contribution in [0.3, 0.4) is 0 Å². The summed E-state index contributed by atoms with van der Waals surface area (Å²) in [5.74, 6) is -1.33. The number of aryl methyl sites for hydroxylation is 1. The molecule has 1 fully saturated rings. The van der Waals surface area contributed by atoms with Crippen LogP contribution in [0.25, 0.3) is 0 Å². The van der Waals surface area contributed by atoms with Crippen LogP contribution in [0.1, 0.15) is 31.7 Å². The van der Waals surface area contributed by atoms with Crippen molar-refractivity contribution in [3.63, 3.8) is 0 Å². The van der Waals surface area contributed by atoms with Gasteiger partial charge >= 0.3 is 0 Å². The molecule has 1 saturated heterocycles. The molecule has 1 heterocycles. The molecular formula is C15H18FNO2. The van der Waals surface area contributed by atoms with Crippen molar-refractivity contribution in [3.05, 3.63) is 29.6 Å². The van der Waals surface area contributed by atoms with Crippen LogP contribution in [-0.2, 0) is 9.59 Å². The number of hydrogen-bond donors (Lipinski definition) is 0. The highest BCUT2D eigenvalue weighted by molar-refractivity contribution is 6.09. The number of carbonyl (C=O) groups excluding carboxylic acids is 2. The summed E-state index contributed by atoms with van der Waals surface area (Å²) in [5, 5.41) is 0. The molecule has 19 heavy (non-hydrogen) atoms. The zero-order valence-corrected chi connectivity index (χ0v) is 11.3. The van der Waals surface area contributed by atoms with Gasteiger partial charge in [0.2, 0.25) is 5.91 Å². The number of rotatable bonds is 3. The molecule has 0 aliphatic carbocycles. The molecule has 1 atom stereocenters. The Morgan fingerprint density at radius 2 is 2.21 bits per heavy atom. The van der Waals surface area contributed by atoms with E-state index in [-0.39, 0.29) is 11.7 Å². The van der Waals surface area contributed by atoms with Crippen molar-refractivity contribution in [2.24, 2.45) is 5.92 Å². The third kappa shape index (κ3) is 2.67. The molecule has 0 radical (unpaired) electrons. The number of halogens is 1. The Morgan fingerprint density at radius 1 is 1.47 bits per heavy atom. The Hall–Kier alpha value is -1.71. The van der Waals surface area contributed by atoms with Gasteiger partial charge < -0.3 is 4.90 Å². The molecule has 1 aliphatic heterocycles. The number of carbonyl (C=O) groups is 2. The molecule has 0 aromatic heterocycles. The number of benzene rings is 1. The molecule has 1 amide bonds. The van der Waals surface area contributed by atoms with Gasteiger partial charge in [0.25, 0.3) is 0 Å². The first-order chi connectivity index (χ1) is 9.04. The van der Waals surface area contributed by atoms with Crippen LogP contribution in [-0.4, -0.2) is 18.2 Å². The Balaban J connectivity index is 2.31. The van der Waals surface area contributed by atoms with Gasteiger partial charge in [-0.2, -0.15) is 0 Å². The molecule has 0 N–H and O–H groups in total. The van der Waals surface area contributed by atoms with Gasteiger partial charge in [0, 0.05) is 13.0 Å². The van der Waals surface area contributed by atoms with Crippen LogP contribution < -0.4 is 4.90 Å². The van der Waals surface area contributed by atoms with Gasteiger partial charge in [-0.05, 0) is 37.5 Å². The van der Waals surface area contributed by atoms with Gasteiger partial charge in [-0.1, -0.05) is 13.0 Å². The third-order valence-corrected chi connectivity index (χ3v) is 3.57. The molecular weight excluding hydrogens is 245 g/mol. The van der Waals surface area contributed by atoms with Crippen molar-refractivity contribution in [2.45, 2.75) is 33.1 Å². The summed E-state index contributed by atoms with van der Waals surface area (Å²) in [4.78, 5) is 25.5. The Morgan fingerprint density at radius 3 is 2.89 bits per heavy atom. The highest BCUT2D eigenvalue weighted by atomic mass is 19.1. The van der Waals surface area contributed by atoms with E-state index >= 15 is 0 Å². The topological polar surface area (TPSA) is 37.4 Å². The number of hydrogen-bond acceptors (Lipinski definition) is 2. The molecule has 1 aromatic rings. The lowest BCUT2D eigenvalue weighted by Gasteiger charge is -2.32. The van der Waals surface area contributed by atoms with Gasteiger partial charge in [-0.3, -0.25) is 9.59 Å². The molecule has 1 aliphatic rings. The predicted molar refractivity (Wildman–Crippen MR) is 71.5 cm³/mol. The molecule has 0 bridgehead atoms. The Bertz CT molecular complexity index is 513. The highest BCUT2D eigenvalue weighted by Gasteiger charge is 2.34. The van der Waals surface area contributed by atoms with E-state index in [0.717, 1.165) is 12.0 Å². The number of ketones is 1. The quantitative estimate of drug-likeness (QED) is 0.786. The number of nitrogens with zero attached hydrogens (tertiary/aromatic N) is 1. The fourth-order valence-corrected chi connectivity index (χ4v) is 2.49. The third-order valence-electron chi connectivity index (χ3n) is 3.57. The summed E-state index contributed by atoms with van der Waals surface area (Å²) in [5.41, 5.74) is 1.19. The smallest absolute Gasteiger partial charge is 0.237 e. The van der Waals surface area contributed by atoms with Crippen LogP contribution >= 0.6 is 0 Å². The summed E-state index contributed by atoms with van der Waals surface area (Å²) in [7, 11) is 0. The maximum Gasteiger partial charge on any atom is 0.237 e. The summed E-state index contributed by atoms with van der Waals surface area (Å²) in [6.07, 6.45) is 1.66. The van der Waals surface area contributed by atoms with Crippen molar-refractivity contribution in [1.82, 2.24) is 0 Å². The monoisotopic (exact) mass is 263 g/mol. The summed E-state index contributed by atoms with van der Waals surface area (Å²) in [6.45, 7) is 4.08. The summed E-state index contributed by atoms with van der Waals surface area (Å²) < 4.78 is 13.9. The first-order valence-corrected chi connectivity index (χ1v) is 6.64. The van der Waals surface area contributed by atoms with Crippen molar-refractivity contribution < 1.29 is 14.0 Å². The van der Waals surface area contributed by atoms with Crippen molar-refractivity contribution in [3.8, 4) is 0 Å². The molecule has 0 saturated carbocycles. The van der Waals surface area contributed by atoms with Crippen LogP contribution in [0.4, 0.5) is 10.1 Å². The molecule has 2 rings (SSSR count). The SMILES string of the molecule is CCC(=O)[C@@H]1CCCN(c2cc(C)ccc2F)C1=O. The summed E-state index contributed by atoms with van der Waals surface area (Å²) >= 11 is 0. The van der Waals surface area contributed by atoms with E-state index in [1.54, 1.807) is 19.1 Å². The maximum absolute atomic E-state index is 13.9. The van der Waals surface area contributed by atoms with Gasteiger partial charge in [0.1, 0.15) is 11.6 Å². The van der Waals surface area contributed by atoms with Gasteiger partial charge in [0.05, 0.1) is 11.6 Å². The lowest BCUT2D eigenvalue weighted by Crippen LogP contribution is -2.44. The minimum absolute atomic E-state index is 0.0530. The predicted octanol–water partition coefficient (Wildman–Crippen LogP) is 2.86. The largest absolute Gasteiger partial charge is 0.309 e. The normalized spacial score (nSPS) is 19.6. The first kappa shape index (κ1) is 13.7. The minimum Gasteiger partial charge on any atom is -0.309 e. The Kier molecular flexibility index (Phi) is 3.98. The zero-order chi connectivity index (χ0) is 14.0. The summed E-state index contributed by atoms with van der Waals surface area (Å²) in [6, 6.07) is 4.69. The van der Waals surface area contributed by atoms with Crippen molar-refractivity contribution in [2.75, 3.05) is 11.4 Å². The average Bonchev–Trinajstić information content (AvgIpc) is 2.41. The number of amides is 1. The molecule has 0 unspecified atom stereocenters. The van der Waals surface area contributed by atoms with E-state index in [1.165, 1.54) is 11.0 Å². The lowest BCUT2D eigenvalue weighted by molar-refractivity contribution is -0.133. The number of Topliss-reactive ketones (excluding diaryl/α,β-unsaturated/α-hetero) is 1. The van der Waals surface area contributed by atoms with Crippen LogP contribution in [0.15, 0.2) is 18.2 Å². The van der Waals surface area contributed by atoms with E-state index in [0.29, 0.717) is 25.1 Å². The standard InChI is InChI=1S/C15H18FNO2/c1-3-14(18)11-5-4-8-17(15(11)19)13-9-10(2)6-7-12(13)16/h6-7,9,11H,3-5,8H2,1-2H3/t11-/m0/s1. The average molecular weight is 263 g/mol. The Labute approximate surface area is 112 Å². The lowest BCUT2D eigenvalue weighted by atomic mass is 9.91. The van der Waals surface area contributed by atoms with Crippen molar-refractivity contribution in [1.29, 1.82) is 0 Å². The van der Waals surface area contributed by atoms with Gasteiger partial charge in [0.15, 0.2) is 0 Å². The first-order valence-electron chi connectivity index (χ1n) is 6.64. The van der Waals surface area contributed by atoms with Crippen LogP contribution in [0, 0.1) is 18.7 Å². The molecule has 4 heteroatoms. The van der Waals surface area contributed by atoms with Gasteiger partial charge in [-0.25, -0.2) is 4.39 Å². The van der Waals surface area contributed by atoms with E-state index in [9.17, 15) is 14.0 Å². The van der Waals surface area contributed by atoms with Crippen LogP contribution in [0.5, 0.6) is 0 Å². The minimum atomic E-state index is -0.598. The molecule has 3 nitrogen and oxygen atoms in total. The fourth-order valence-electron chi connectivity index (χ4n) is 2.49. The van der Waals surface area contributed by atoms with Crippen LogP contribution in [0.2, 0.25) is 0 Å². The van der Waals surface area contributed by atoms with E-state index in [1.807, 2.05) is 6.92 Å². The van der Waals surface area contributed by atoms with E-state index in [4.69, 9.17) is 0 Å². The molecule has 102 valence electrons. The number of anilines is 1. The highest BCUT2D eigenvalue weighted by Crippen LogP contribution is 2.28. The zero-order valence-electron chi connectivity index (χ0n) is 11.3. The van der Waals surface area contributed by atoms with Crippen molar-refractivity contribution >= 4 is 17.4 Å². The molecule has 1 aromatic carbocycles.